The van der Waals surface area contributed by atoms with Crippen LogP contribution in [-0.2, 0) is 14.3 Å². The lowest BCUT2D eigenvalue weighted by atomic mass is 9.98. The van der Waals surface area contributed by atoms with E-state index in [0.29, 0.717) is 39.5 Å². The van der Waals surface area contributed by atoms with Gasteiger partial charge in [-0.25, -0.2) is 4.79 Å². The fourth-order valence-corrected chi connectivity index (χ4v) is 4.31. The summed E-state index contributed by atoms with van der Waals surface area (Å²) in [5.74, 6) is -0.725. The average Bonchev–Trinajstić information content (AvgIpc) is 3.40. The van der Waals surface area contributed by atoms with E-state index in [-0.39, 0.29) is 17.4 Å². The standard InChI is InChI=1S/C33H31N3O7/c1-20(2)29(36-31(38)23-8-6-5-7-9-23)33(39)42-19-27(37)35-32-26(18-34)28(21-10-14-24(40-3)15-11-21)30(43-32)22-12-16-25(41-4)17-13-22/h5-17,20,29H,19H2,1-4H3,(H,35,37)(H,36,38). The lowest BCUT2D eigenvalue weighted by molar-refractivity contribution is -0.150. The third-order valence-corrected chi connectivity index (χ3v) is 6.59. The Balaban J connectivity index is 1.55. The Morgan fingerprint density at radius 1 is 0.860 bits per heavy atom. The van der Waals surface area contributed by atoms with Gasteiger partial charge in [0.25, 0.3) is 11.8 Å². The molecule has 1 heterocycles. The van der Waals surface area contributed by atoms with Crippen molar-refractivity contribution >= 4 is 23.7 Å². The van der Waals surface area contributed by atoms with E-state index < -0.39 is 30.4 Å². The van der Waals surface area contributed by atoms with E-state index in [4.69, 9.17) is 18.6 Å². The second-order valence-corrected chi connectivity index (χ2v) is 9.80. The van der Waals surface area contributed by atoms with Crippen molar-refractivity contribution in [1.82, 2.24) is 5.32 Å². The highest BCUT2D eigenvalue weighted by Crippen LogP contribution is 2.42. The normalized spacial score (nSPS) is 11.3. The molecular weight excluding hydrogens is 550 g/mol. The van der Waals surface area contributed by atoms with Crippen LogP contribution in [0.2, 0.25) is 0 Å². The van der Waals surface area contributed by atoms with E-state index in [1.54, 1.807) is 107 Å². The molecule has 43 heavy (non-hydrogen) atoms. The van der Waals surface area contributed by atoms with Crippen LogP contribution in [0.4, 0.5) is 5.88 Å². The zero-order valence-corrected chi connectivity index (χ0v) is 24.2. The Hall–Kier alpha value is -5.56. The molecule has 1 atom stereocenters. The molecule has 0 aliphatic carbocycles. The third-order valence-electron chi connectivity index (χ3n) is 6.59. The summed E-state index contributed by atoms with van der Waals surface area (Å²) in [6.45, 7) is 2.84. The Labute approximate surface area is 249 Å². The molecular formula is C33H31N3O7. The van der Waals surface area contributed by atoms with Crippen LogP contribution in [0.5, 0.6) is 11.5 Å². The number of hydrogen-bond donors (Lipinski definition) is 2. The average molecular weight is 582 g/mol. The topological polar surface area (TPSA) is 140 Å². The highest BCUT2D eigenvalue weighted by molar-refractivity contribution is 5.98. The zero-order valence-electron chi connectivity index (χ0n) is 24.2. The minimum absolute atomic E-state index is 0.0887. The first kappa shape index (κ1) is 30.4. The van der Waals surface area contributed by atoms with Gasteiger partial charge in [-0.2, -0.15) is 5.26 Å². The second kappa shape index (κ2) is 13.9. The third kappa shape index (κ3) is 7.21. The minimum atomic E-state index is -0.984. The molecule has 3 aromatic carbocycles. The molecule has 0 fully saturated rings. The van der Waals surface area contributed by atoms with E-state index in [9.17, 15) is 19.6 Å². The van der Waals surface area contributed by atoms with Crippen molar-refractivity contribution in [3.05, 3.63) is 90.0 Å². The summed E-state index contributed by atoms with van der Waals surface area (Å²) in [7, 11) is 3.11. The van der Waals surface area contributed by atoms with Gasteiger partial charge in [0.2, 0.25) is 5.88 Å². The van der Waals surface area contributed by atoms with Gasteiger partial charge >= 0.3 is 5.97 Å². The first-order valence-electron chi connectivity index (χ1n) is 13.4. The van der Waals surface area contributed by atoms with Crippen molar-refractivity contribution < 1.29 is 33.0 Å². The van der Waals surface area contributed by atoms with Crippen LogP contribution in [0.3, 0.4) is 0 Å². The molecule has 0 aliphatic heterocycles. The quantitative estimate of drug-likeness (QED) is 0.223. The van der Waals surface area contributed by atoms with E-state index in [1.165, 1.54) is 0 Å². The number of nitrogens with zero attached hydrogens (tertiary/aromatic N) is 1. The Morgan fingerprint density at radius 2 is 1.44 bits per heavy atom. The highest BCUT2D eigenvalue weighted by atomic mass is 16.5. The SMILES string of the molecule is COc1ccc(-c2oc(NC(=O)COC(=O)C(NC(=O)c3ccccc3)C(C)C)c(C#N)c2-c2ccc(OC)cc2)cc1. The van der Waals surface area contributed by atoms with Gasteiger partial charge < -0.3 is 23.9 Å². The number of carbonyl (C=O) groups is 3. The number of rotatable bonds is 11. The molecule has 1 aromatic heterocycles. The smallest absolute Gasteiger partial charge is 0.329 e. The van der Waals surface area contributed by atoms with Gasteiger partial charge in [-0.05, 0) is 60.0 Å². The molecule has 0 radical (unpaired) electrons. The summed E-state index contributed by atoms with van der Waals surface area (Å²) in [6, 6.07) is 23.7. The molecule has 2 amide bonds. The second-order valence-electron chi connectivity index (χ2n) is 9.80. The number of anilines is 1. The number of nitriles is 1. The molecule has 10 nitrogen and oxygen atoms in total. The van der Waals surface area contributed by atoms with Gasteiger partial charge in [0, 0.05) is 16.7 Å². The van der Waals surface area contributed by atoms with Crippen molar-refractivity contribution in [3.8, 4) is 40.0 Å². The largest absolute Gasteiger partial charge is 0.497 e. The van der Waals surface area contributed by atoms with E-state index in [1.807, 2.05) is 0 Å². The summed E-state index contributed by atoms with van der Waals surface area (Å²) in [5.41, 5.74) is 2.24. The maximum atomic E-state index is 12.9. The number of carbonyl (C=O) groups excluding carboxylic acids is 3. The van der Waals surface area contributed by atoms with Crippen molar-refractivity contribution in [2.75, 3.05) is 26.1 Å². The summed E-state index contributed by atoms with van der Waals surface area (Å²) < 4.78 is 21.8. The van der Waals surface area contributed by atoms with Crippen molar-refractivity contribution in [1.29, 1.82) is 5.26 Å². The minimum Gasteiger partial charge on any atom is -0.497 e. The van der Waals surface area contributed by atoms with Crippen LogP contribution >= 0.6 is 0 Å². The Kier molecular flexibility index (Phi) is 9.81. The molecule has 220 valence electrons. The molecule has 2 N–H and O–H groups in total. The summed E-state index contributed by atoms with van der Waals surface area (Å²) in [4.78, 5) is 38.4. The number of furan rings is 1. The Morgan fingerprint density at radius 3 is 1.98 bits per heavy atom. The molecule has 0 aliphatic rings. The first-order valence-corrected chi connectivity index (χ1v) is 13.4. The first-order chi connectivity index (χ1) is 20.7. The number of ether oxygens (including phenoxy) is 3. The molecule has 0 saturated heterocycles. The van der Waals surface area contributed by atoms with Gasteiger partial charge in [-0.1, -0.05) is 44.2 Å². The van der Waals surface area contributed by atoms with Gasteiger partial charge in [-0.3, -0.25) is 14.9 Å². The number of esters is 1. The van der Waals surface area contributed by atoms with Gasteiger partial charge in [-0.15, -0.1) is 0 Å². The van der Waals surface area contributed by atoms with Crippen LogP contribution < -0.4 is 20.1 Å². The fourth-order valence-electron chi connectivity index (χ4n) is 4.31. The van der Waals surface area contributed by atoms with Crippen molar-refractivity contribution in [2.45, 2.75) is 19.9 Å². The zero-order chi connectivity index (χ0) is 30.9. The summed E-state index contributed by atoms with van der Waals surface area (Å²) in [6.07, 6.45) is 0. The number of nitrogens with one attached hydrogen (secondary N) is 2. The summed E-state index contributed by atoms with van der Waals surface area (Å²) >= 11 is 0. The molecule has 0 bridgehead atoms. The maximum Gasteiger partial charge on any atom is 0.329 e. The fraction of sp³-hybridized carbons (Fsp3) is 0.212. The highest BCUT2D eigenvalue weighted by Gasteiger charge is 2.28. The molecule has 0 spiro atoms. The van der Waals surface area contributed by atoms with Gasteiger partial charge in [0.05, 0.1) is 14.2 Å². The van der Waals surface area contributed by atoms with Crippen molar-refractivity contribution in [3.63, 3.8) is 0 Å². The monoisotopic (exact) mass is 581 g/mol. The van der Waals surface area contributed by atoms with Gasteiger partial charge in [0.1, 0.15) is 34.9 Å². The lowest BCUT2D eigenvalue weighted by Crippen LogP contribution is -2.45. The predicted molar refractivity (Wildman–Crippen MR) is 160 cm³/mol. The number of hydrogen-bond acceptors (Lipinski definition) is 8. The summed E-state index contributed by atoms with van der Waals surface area (Å²) in [5, 5.41) is 15.3. The molecule has 4 aromatic rings. The van der Waals surface area contributed by atoms with E-state index >= 15 is 0 Å². The van der Waals surface area contributed by atoms with Crippen molar-refractivity contribution in [2.24, 2.45) is 5.92 Å². The lowest BCUT2D eigenvalue weighted by Gasteiger charge is -2.20. The van der Waals surface area contributed by atoms with E-state index in [2.05, 4.69) is 16.7 Å². The molecule has 10 heteroatoms. The number of methoxy groups -OCH3 is 2. The molecule has 4 rings (SSSR count). The van der Waals surface area contributed by atoms with Gasteiger partial charge in [0.15, 0.2) is 6.61 Å². The van der Waals surface area contributed by atoms with E-state index in [0.717, 1.165) is 0 Å². The predicted octanol–water partition coefficient (Wildman–Crippen LogP) is 5.44. The molecule has 0 saturated carbocycles. The molecule has 1 unspecified atom stereocenters. The van der Waals surface area contributed by atoms with Crippen LogP contribution in [0.1, 0.15) is 29.8 Å². The van der Waals surface area contributed by atoms with Crippen LogP contribution in [0, 0.1) is 17.2 Å². The number of amides is 2. The Bertz CT molecular complexity index is 1620. The van der Waals surface area contributed by atoms with Crippen LogP contribution in [0.15, 0.2) is 83.3 Å². The van der Waals surface area contributed by atoms with Crippen LogP contribution in [0.25, 0.3) is 22.5 Å². The van der Waals surface area contributed by atoms with Crippen LogP contribution in [-0.4, -0.2) is 44.7 Å². The maximum absolute atomic E-state index is 12.9. The number of benzene rings is 3.